The van der Waals surface area contributed by atoms with Gasteiger partial charge in [0, 0.05) is 31.2 Å². The average molecular weight is 252 g/mol. The molecule has 1 saturated heterocycles. The Morgan fingerprint density at radius 1 is 1.33 bits per heavy atom. The Morgan fingerprint density at radius 2 is 2.06 bits per heavy atom. The van der Waals surface area contributed by atoms with Crippen LogP contribution in [-0.2, 0) is 0 Å². The lowest BCUT2D eigenvalue weighted by molar-refractivity contribution is 0.0597. The molecule has 2 heteroatoms. The van der Waals surface area contributed by atoms with E-state index in [-0.39, 0.29) is 0 Å². The summed E-state index contributed by atoms with van der Waals surface area (Å²) in [4.78, 5) is 2.82. The number of nitrogens with zero attached hydrogens (tertiary/aromatic N) is 1. The van der Waals surface area contributed by atoms with Crippen molar-refractivity contribution in [1.29, 1.82) is 0 Å². The molecule has 0 aromatic rings. The van der Waals surface area contributed by atoms with Crippen molar-refractivity contribution in [2.24, 2.45) is 11.8 Å². The van der Waals surface area contributed by atoms with Crippen molar-refractivity contribution in [3.63, 3.8) is 0 Å². The van der Waals surface area contributed by atoms with Crippen LogP contribution in [0.3, 0.4) is 0 Å². The van der Waals surface area contributed by atoms with Crippen molar-refractivity contribution in [2.75, 3.05) is 19.6 Å². The summed E-state index contributed by atoms with van der Waals surface area (Å²) in [5.74, 6) is 1.85. The van der Waals surface area contributed by atoms with Crippen molar-refractivity contribution in [2.45, 2.75) is 71.4 Å². The topological polar surface area (TPSA) is 15.3 Å². The molecular weight excluding hydrogens is 220 g/mol. The number of rotatable bonds is 6. The van der Waals surface area contributed by atoms with E-state index < -0.39 is 0 Å². The lowest BCUT2D eigenvalue weighted by Gasteiger charge is -2.47. The second kappa shape index (κ2) is 5.92. The summed E-state index contributed by atoms with van der Waals surface area (Å²) in [6.45, 7) is 13.2. The van der Waals surface area contributed by atoms with Gasteiger partial charge in [-0.2, -0.15) is 0 Å². The predicted octanol–water partition coefficient (Wildman–Crippen LogP) is 3.28. The van der Waals surface area contributed by atoms with Crippen LogP contribution in [0.4, 0.5) is 0 Å². The number of nitrogens with one attached hydrogen (secondary N) is 1. The average Bonchev–Trinajstić information content (AvgIpc) is 3.14. The standard InChI is InChI=1S/C16H32N2/c1-5-7-13(3)11-18-12-16(4,6-2)17-10-15(18)14-8-9-14/h13-15,17H,5-12H2,1-4H3. The van der Waals surface area contributed by atoms with Crippen molar-refractivity contribution < 1.29 is 0 Å². The third kappa shape index (κ3) is 3.48. The maximum Gasteiger partial charge on any atom is 0.0278 e. The Morgan fingerprint density at radius 3 is 2.61 bits per heavy atom. The predicted molar refractivity (Wildman–Crippen MR) is 78.9 cm³/mol. The maximum atomic E-state index is 3.81. The molecular formula is C16H32N2. The summed E-state index contributed by atoms with van der Waals surface area (Å²) in [6, 6.07) is 0.823. The first-order valence-corrected chi connectivity index (χ1v) is 8.07. The van der Waals surface area contributed by atoms with Crippen LogP contribution >= 0.6 is 0 Å². The van der Waals surface area contributed by atoms with Gasteiger partial charge in [-0.25, -0.2) is 0 Å². The molecule has 3 atom stereocenters. The molecule has 1 saturated carbocycles. The van der Waals surface area contributed by atoms with Gasteiger partial charge in [0.1, 0.15) is 0 Å². The van der Waals surface area contributed by atoms with E-state index in [1.807, 2.05) is 0 Å². The first-order chi connectivity index (χ1) is 8.58. The summed E-state index contributed by atoms with van der Waals surface area (Å²) in [6.07, 6.45) is 6.88. The van der Waals surface area contributed by atoms with Crippen LogP contribution in [-0.4, -0.2) is 36.1 Å². The van der Waals surface area contributed by atoms with E-state index >= 15 is 0 Å². The van der Waals surface area contributed by atoms with Crippen LogP contribution in [0.15, 0.2) is 0 Å². The third-order valence-electron chi connectivity index (χ3n) is 5.03. The second-order valence-electron chi connectivity index (χ2n) is 7.02. The highest BCUT2D eigenvalue weighted by atomic mass is 15.3. The van der Waals surface area contributed by atoms with E-state index in [1.54, 1.807) is 0 Å². The van der Waals surface area contributed by atoms with Crippen LogP contribution in [0.2, 0.25) is 0 Å². The van der Waals surface area contributed by atoms with Crippen molar-refractivity contribution >= 4 is 0 Å². The number of piperazine rings is 1. The monoisotopic (exact) mass is 252 g/mol. The maximum absolute atomic E-state index is 3.81. The minimum Gasteiger partial charge on any atom is -0.309 e. The summed E-state index contributed by atoms with van der Waals surface area (Å²) in [5, 5.41) is 3.81. The molecule has 1 heterocycles. The van der Waals surface area contributed by atoms with E-state index in [0.29, 0.717) is 5.54 Å². The Labute approximate surface area is 114 Å². The zero-order chi connectivity index (χ0) is 13.2. The summed E-state index contributed by atoms with van der Waals surface area (Å²) >= 11 is 0. The fraction of sp³-hybridized carbons (Fsp3) is 1.00. The molecule has 0 aromatic carbocycles. The molecule has 0 bridgehead atoms. The van der Waals surface area contributed by atoms with Crippen LogP contribution in [0.25, 0.3) is 0 Å². The Hall–Kier alpha value is -0.0800. The largest absolute Gasteiger partial charge is 0.309 e. The van der Waals surface area contributed by atoms with Crippen molar-refractivity contribution in [3.05, 3.63) is 0 Å². The Balaban J connectivity index is 1.95. The van der Waals surface area contributed by atoms with Crippen LogP contribution < -0.4 is 5.32 Å². The van der Waals surface area contributed by atoms with Crippen LogP contribution in [0.1, 0.15) is 59.8 Å². The fourth-order valence-electron chi connectivity index (χ4n) is 3.47. The fourth-order valence-corrected chi connectivity index (χ4v) is 3.47. The minimum atomic E-state index is 0.345. The lowest BCUT2D eigenvalue weighted by Crippen LogP contribution is -2.63. The Bertz CT molecular complexity index is 262. The Kier molecular flexibility index (Phi) is 4.71. The van der Waals surface area contributed by atoms with E-state index in [1.165, 1.54) is 51.7 Å². The molecule has 106 valence electrons. The van der Waals surface area contributed by atoms with Gasteiger partial charge in [-0.1, -0.05) is 27.2 Å². The van der Waals surface area contributed by atoms with Gasteiger partial charge in [0.05, 0.1) is 0 Å². The molecule has 1 N–H and O–H groups in total. The lowest BCUT2D eigenvalue weighted by atomic mass is 9.91. The molecule has 1 aliphatic carbocycles. The van der Waals surface area contributed by atoms with Crippen LogP contribution in [0.5, 0.6) is 0 Å². The summed E-state index contributed by atoms with van der Waals surface area (Å²) in [5.41, 5.74) is 0.345. The molecule has 3 unspecified atom stereocenters. The first kappa shape index (κ1) is 14.3. The van der Waals surface area contributed by atoms with Gasteiger partial charge < -0.3 is 5.32 Å². The highest BCUT2D eigenvalue weighted by molar-refractivity contribution is 4.99. The molecule has 0 aromatic heterocycles. The normalized spacial score (nSPS) is 35.7. The molecule has 0 radical (unpaired) electrons. The molecule has 2 fully saturated rings. The van der Waals surface area contributed by atoms with E-state index in [0.717, 1.165) is 17.9 Å². The summed E-state index contributed by atoms with van der Waals surface area (Å²) in [7, 11) is 0. The van der Waals surface area contributed by atoms with Crippen molar-refractivity contribution in [3.8, 4) is 0 Å². The van der Waals surface area contributed by atoms with Gasteiger partial charge in [0.25, 0.3) is 0 Å². The van der Waals surface area contributed by atoms with E-state index in [4.69, 9.17) is 0 Å². The SMILES string of the molecule is CCCC(C)CN1CC(C)(CC)NCC1C1CC1. The molecule has 2 aliphatic rings. The molecule has 0 amide bonds. The van der Waals surface area contributed by atoms with Gasteiger partial charge >= 0.3 is 0 Å². The highest BCUT2D eigenvalue weighted by Crippen LogP contribution is 2.38. The van der Waals surface area contributed by atoms with Gasteiger partial charge in [-0.15, -0.1) is 0 Å². The second-order valence-corrected chi connectivity index (χ2v) is 7.02. The molecule has 18 heavy (non-hydrogen) atoms. The van der Waals surface area contributed by atoms with Gasteiger partial charge in [-0.3, -0.25) is 4.90 Å². The molecule has 2 rings (SSSR count). The zero-order valence-electron chi connectivity index (χ0n) is 12.8. The first-order valence-electron chi connectivity index (χ1n) is 8.07. The van der Waals surface area contributed by atoms with Gasteiger partial charge in [-0.05, 0) is 44.4 Å². The zero-order valence-corrected chi connectivity index (χ0v) is 12.8. The number of hydrogen-bond donors (Lipinski definition) is 1. The van der Waals surface area contributed by atoms with Crippen molar-refractivity contribution in [1.82, 2.24) is 10.2 Å². The molecule has 1 aliphatic heterocycles. The molecule has 0 spiro atoms. The number of hydrogen-bond acceptors (Lipinski definition) is 2. The van der Waals surface area contributed by atoms with Gasteiger partial charge in [0.2, 0.25) is 0 Å². The smallest absolute Gasteiger partial charge is 0.0278 e. The van der Waals surface area contributed by atoms with Crippen LogP contribution in [0, 0.1) is 11.8 Å². The minimum absolute atomic E-state index is 0.345. The quantitative estimate of drug-likeness (QED) is 0.780. The molecule has 2 nitrogen and oxygen atoms in total. The highest BCUT2D eigenvalue weighted by Gasteiger charge is 2.41. The van der Waals surface area contributed by atoms with E-state index in [9.17, 15) is 0 Å². The van der Waals surface area contributed by atoms with E-state index in [2.05, 4.69) is 37.9 Å². The van der Waals surface area contributed by atoms with Gasteiger partial charge in [0.15, 0.2) is 0 Å². The third-order valence-corrected chi connectivity index (χ3v) is 5.03. The summed E-state index contributed by atoms with van der Waals surface area (Å²) < 4.78 is 0.